The summed E-state index contributed by atoms with van der Waals surface area (Å²) in [5, 5.41) is 9.05. The van der Waals surface area contributed by atoms with Gasteiger partial charge in [0.1, 0.15) is 10.8 Å². The summed E-state index contributed by atoms with van der Waals surface area (Å²) >= 11 is 11.3. The van der Waals surface area contributed by atoms with Gasteiger partial charge >= 0.3 is 5.97 Å². The van der Waals surface area contributed by atoms with Crippen LogP contribution < -0.4 is 0 Å². The van der Waals surface area contributed by atoms with Crippen molar-refractivity contribution >= 4 is 29.2 Å². The van der Waals surface area contributed by atoms with E-state index in [1.54, 1.807) is 0 Å². The van der Waals surface area contributed by atoms with Gasteiger partial charge in [0.25, 0.3) is 0 Å². The molecule has 13 heavy (non-hydrogen) atoms. The number of phenols is 1. The van der Waals surface area contributed by atoms with E-state index in [0.29, 0.717) is 0 Å². The molecular weight excluding hydrogens is 215 g/mol. The maximum absolute atomic E-state index is 11.1. The fourth-order valence-corrected chi connectivity index (χ4v) is 1.21. The summed E-state index contributed by atoms with van der Waals surface area (Å²) in [6.07, 6.45) is 0. The molecule has 0 unspecified atom stereocenters. The van der Waals surface area contributed by atoms with E-state index < -0.39 is 5.97 Å². The van der Waals surface area contributed by atoms with E-state index in [2.05, 4.69) is 4.74 Å². The second-order valence-corrected chi connectivity index (χ2v) is 3.01. The number of esters is 1. The number of methoxy groups -OCH3 is 1. The van der Waals surface area contributed by atoms with Crippen LogP contribution in [0, 0.1) is 0 Å². The first kappa shape index (κ1) is 10.2. The molecule has 0 fully saturated rings. The van der Waals surface area contributed by atoms with Crippen LogP contribution in [0.2, 0.25) is 10.0 Å². The van der Waals surface area contributed by atoms with E-state index in [4.69, 9.17) is 28.3 Å². The number of phenolic OH excluding ortho intramolecular Hbond substituents is 1. The van der Waals surface area contributed by atoms with Crippen molar-refractivity contribution in [2.24, 2.45) is 0 Å². The Morgan fingerprint density at radius 3 is 2.54 bits per heavy atom. The van der Waals surface area contributed by atoms with Gasteiger partial charge in [-0.3, -0.25) is 0 Å². The minimum Gasteiger partial charge on any atom is -0.506 e. The molecule has 0 saturated heterocycles. The lowest BCUT2D eigenvalue weighted by Gasteiger charge is -2.04. The quantitative estimate of drug-likeness (QED) is 0.741. The van der Waals surface area contributed by atoms with E-state index in [1.165, 1.54) is 19.2 Å². The van der Waals surface area contributed by atoms with Crippen molar-refractivity contribution in [2.75, 3.05) is 7.11 Å². The first-order chi connectivity index (χ1) is 6.07. The Balaban J connectivity index is 3.26. The van der Waals surface area contributed by atoms with E-state index in [1.807, 2.05) is 0 Å². The largest absolute Gasteiger partial charge is 0.506 e. The fourth-order valence-electron chi connectivity index (χ4n) is 0.807. The van der Waals surface area contributed by atoms with Gasteiger partial charge in [-0.25, -0.2) is 4.79 Å². The molecule has 0 saturated carbocycles. The maximum atomic E-state index is 11.1. The highest BCUT2D eigenvalue weighted by atomic mass is 35.5. The second-order valence-electron chi connectivity index (χ2n) is 2.25. The van der Waals surface area contributed by atoms with Gasteiger partial charge in [-0.15, -0.1) is 0 Å². The Bertz CT molecular complexity index is 349. The molecule has 3 nitrogen and oxygen atoms in total. The molecule has 1 rings (SSSR count). The molecule has 70 valence electrons. The van der Waals surface area contributed by atoms with Crippen molar-refractivity contribution in [1.29, 1.82) is 0 Å². The summed E-state index contributed by atoms with van der Waals surface area (Å²) in [4.78, 5) is 11.1. The number of ether oxygens (including phenoxy) is 1. The van der Waals surface area contributed by atoms with Crippen LogP contribution in [0.15, 0.2) is 12.1 Å². The van der Waals surface area contributed by atoms with Crippen molar-refractivity contribution in [3.8, 4) is 5.75 Å². The number of carbonyl (C=O) groups excluding carboxylic acids is 1. The molecule has 0 aliphatic heterocycles. The number of rotatable bonds is 1. The molecule has 0 radical (unpaired) electrons. The van der Waals surface area contributed by atoms with Crippen LogP contribution in [-0.4, -0.2) is 18.2 Å². The monoisotopic (exact) mass is 220 g/mol. The SMILES string of the molecule is COC(=O)c1ccc(O)c(Cl)c1Cl. The van der Waals surface area contributed by atoms with Gasteiger partial charge < -0.3 is 9.84 Å². The van der Waals surface area contributed by atoms with E-state index in [-0.39, 0.29) is 21.4 Å². The number of carbonyl (C=O) groups is 1. The Hall–Kier alpha value is -0.930. The Morgan fingerprint density at radius 1 is 1.38 bits per heavy atom. The average Bonchev–Trinajstić information content (AvgIpc) is 2.13. The van der Waals surface area contributed by atoms with Crippen molar-refractivity contribution in [1.82, 2.24) is 0 Å². The lowest BCUT2D eigenvalue weighted by molar-refractivity contribution is 0.0601. The minimum atomic E-state index is -0.591. The van der Waals surface area contributed by atoms with Crippen molar-refractivity contribution in [2.45, 2.75) is 0 Å². The number of benzene rings is 1. The Labute approximate surface area is 84.8 Å². The van der Waals surface area contributed by atoms with Crippen LogP contribution in [0.3, 0.4) is 0 Å². The third-order valence-electron chi connectivity index (χ3n) is 1.47. The Kier molecular flexibility index (Phi) is 3.01. The molecular formula is C8H6Cl2O3. The van der Waals surface area contributed by atoms with E-state index >= 15 is 0 Å². The topological polar surface area (TPSA) is 46.5 Å². The number of aromatic hydroxyl groups is 1. The van der Waals surface area contributed by atoms with Crippen LogP contribution in [-0.2, 0) is 4.74 Å². The molecule has 1 aromatic rings. The van der Waals surface area contributed by atoms with Gasteiger partial charge in [-0.1, -0.05) is 23.2 Å². The minimum absolute atomic E-state index is 0.00600. The maximum Gasteiger partial charge on any atom is 0.339 e. The highest BCUT2D eigenvalue weighted by Gasteiger charge is 2.15. The highest BCUT2D eigenvalue weighted by Crippen LogP contribution is 2.33. The smallest absolute Gasteiger partial charge is 0.339 e. The third-order valence-corrected chi connectivity index (χ3v) is 2.34. The lowest BCUT2D eigenvalue weighted by atomic mass is 10.2. The molecule has 0 spiro atoms. The first-order valence-electron chi connectivity index (χ1n) is 3.33. The van der Waals surface area contributed by atoms with Crippen molar-refractivity contribution in [3.63, 3.8) is 0 Å². The molecule has 0 amide bonds. The molecule has 1 aromatic carbocycles. The summed E-state index contributed by atoms with van der Waals surface area (Å²) < 4.78 is 4.45. The van der Waals surface area contributed by atoms with Crippen molar-refractivity contribution < 1.29 is 14.6 Å². The molecule has 5 heteroatoms. The van der Waals surface area contributed by atoms with Crippen LogP contribution in [0.5, 0.6) is 5.75 Å². The number of halogens is 2. The molecule has 0 aliphatic carbocycles. The van der Waals surface area contributed by atoms with Gasteiger partial charge in [0.15, 0.2) is 0 Å². The van der Waals surface area contributed by atoms with Crippen molar-refractivity contribution in [3.05, 3.63) is 27.7 Å². The summed E-state index contributed by atoms with van der Waals surface area (Å²) in [7, 11) is 1.24. The van der Waals surface area contributed by atoms with Gasteiger partial charge in [0.2, 0.25) is 0 Å². The molecule has 0 bridgehead atoms. The summed E-state index contributed by atoms with van der Waals surface area (Å²) in [5.74, 6) is -0.758. The second kappa shape index (κ2) is 3.85. The third kappa shape index (κ3) is 1.87. The van der Waals surface area contributed by atoms with Gasteiger partial charge in [-0.2, -0.15) is 0 Å². The van der Waals surface area contributed by atoms with Crippen LogP contribution >= 0.6 is 23.2 Å². The zero-order valence-electron chi connectivity index (χ0n) is 6.67. The normalized spacial score (nSPS) is 9.77. The van der Waals surface area contributed by atoms with Gasteiger partial charge in [0, 0.05) is 0 Å². The lowest BCUT2D eigenvalue weighted by Crippen LogP contribution is -2.01. The van der Waals surface area contributed by atoms with Crippen LogP contribution in [0.1, 0.15) is 10.4 Å². The molecule has 0 aliphatic rings. The average molecular weight is 221 g/mol. The number of hydrogen-bond acceptors (Lipinski definition) is 3. The zero-order chi connectivity index (χ0) is 10.0. The summed E-state index contributed by atoms with van der Waals surface area (Å²) in [5.41, 5.74) is 0.131. The predicted molar refractivity (Wildman–Crippen MR) is 49.5 cm³/mol. The zero-order valence-corrected chi connectivity index (χ0v) is 8.19. The summed E-state index contributed by atoms with van der Waals surface area (Å²) in [6.45, 7) is 0. The number of hydrogen-bond donors (Lipinski definition) is 1. The Morgan fingerprint density at radius 2 is 2.00 bits per heavy atom. The molecule has 0 atom stereocenters. The van der Waals surface area contributed by atoms with Crippen LogP contribution in [0.4, 0.5) is 0 Å². The van der Waals surface area contributed by atoms with E-state index in [9.17, 15) is 4.79 Å². The molecule has 1 N–H and O–H groups in total. The van der Waals surface area contributed by atoms with Crippen LogP contribution in [0.25, 0.3) is 0 Å². The summed E-state index contributed by atoms with van der Waals surface area (Å²) in [6, 6.07) is 2.62. The van der Waals surface area contributed by atoms with E-state index in [0.717, 1.165) is 0 Å². The fraction of sp³-hybridized carbons (Fsp3) is 0.125. The highest BCUT2D eigenvalue weighted by molar-refractivity contribution is 6.44. The molecule has 0 aromatic heterocycles. The predicted octanol–water partition coefficient (Wildman–Crippen LogP) is 2.49. The van der Waals surface area contributed by atoms with Gasteiger partial charge in [-0.05, 0) is 12.1 Å². The molecule has 0 heterocycles. The first-order valence-corrected chi connectivity index (χ1v) is 4.08. The van der Waals surface area contributed by atoms with Gasteiger partial charge in [0.05, 0.1) is 17.7 Å². The standard InChI is InChI=1S/C8H6Cl2O3/c1-13-8(12)4-2-3-5(11)7(10)6(4)9/h2-3,11H,1H3.